The van der Waals surface area contributed by atoms with Crippen molar-refractivity contribution in [3.8, 4) is 0 Å². The first-order chi connectivity index (χ1) is 6.60. The normalized spacial score (nSPS) is 11.4. The SMILES string of the molecule is C[n+]1cc([N+](=O)[O-])cn1/C(C=O)=C\O. The molecule has 7 heteroatoms. The number of hydrogen-bond acceptors (Lipinski definition) is 4. The van der Waals surface area contributed by atoms with Crippen LogP contribution in [0.3, 0.4) is 0 Å². The summed E-state index contributed by atoms with van der Waals surface area (Å²) in [6.45, 7) is 0. The Bertz CT molecular complexity index is 407. The molecule has 1 aromatic heterocycles. The van der Waals surface area contributed by atoms with Crippen LogP contribution in [0.4, 0.5) is 5.69 Å². The van der Waals surface area contributed by atoms with E-state index in [1.54, 1.807) is 0 Å². The molecule has 0 saturated heterocycles. The minimum absolute atomic E-state index is 0.0828. The van der Waals surface area contributed by atoms with E-state index >= 15 is 0 Å². The van der Waals surface area contributed by atoms with Gasteiger partial charge in [-0.2, -0.15) is 0 Å². The number of allylic oxidation sites excluding steroid dienone is 1. The van der Waals surface area contributed by atoms with Gasteiger partial charge in [0.15, 0.2) is 25.2 Å². The molecule has 0 aromatic carbocycles. The second-order valence-corrected chi connectivity index (χ2v) is 2.53. The summed E-state index contributed by atoms with van der Waals surface area (Å²) in [6, 6.07) is 0. The molecule has 1 heterocycles. The number of nitro groups is 1. The van der Waals surface area contributed by atoms with Gasteiger partial charge >= 0.3 is 5.69 Å². The summed E-state index contributed by atoms with van der Waals surface area (Å²) in [7, 11) is 1.51. The van der Waals surface area contributed by atoms with Gasteiger partial charge in [0.05, 0.1) is 4.92 Å². The van der Waals surface area contributed by atoms with Crippen LogP contribution < -0.4 is 4.68 Å². The highest BCUT2D eigenvalue weighted by atomic mass is 16.6. The summed E-state index contributed by atoms with van der Waals surface area (Å²) >= 11 is 0. The second-order valence-electron chi connectivity index (χ2n) is 2.53. The molecular weight excluding hydrogens is 190 g/mol. The molecule has 0 aliphatic carbocycles. The van der Waals surface area contributed by atoms with Gasteiger partial charge in [-0.05, 0) is 0 Å². The average molecular weight is 198 g/mol. The number of aliphatic hydroxyl groups is 1. The van der Waals surface area contributed by atoms with Crippen molar-refractivity contribution in [1.29, 1.82) is 0 Å². The minimum Gasteiger partial charge on any atom is -0.513 e. The molecule has 0 amide bonds. The van der Waals surface area contributed by atoms with Crippen LogP contribution in [0.25, 0.3) is 5.70 Å². The molecule has 7 nitrogen and oxygen atoms in total. The fourth-order valence-corrected chi connectivity index (χ4v) is 0.998. The average Bonchev–Trinajstić information content (AvgIpc) is 2.51. The predicted molar refractivity (Wildman–Crippen MR) is 45.2 cm³/mol. The van der Waals surface area contributed by atoms with Crippen molar-refractivity contribution in [3.63, 3.8) is 0 Å². The van der Waals surface area contributed by atoms with Crippen molar-refractivity contribution in [1.82, 2.24) is 4.68 Å². The smallest absolute Gasteiger partial charge is 0.356 e. The molecule has 74 valence electrons. The number of nitrogens with zero attached hydrogens (tertiary/aromatic N) is 3. The number of aryl methyl sites for hydroxylation is 1. The van der Waals surface area contributed by atoms with Crippen molar-refractivity contribution in [2.45, 2.75) is 0 Å². The van der Waals surface area contributed by atoms with Gasteiger partial charge in [-0.1, -0.05) is 0 Å². The molecule has 0 bridgehead atoms. The molecule has 0 atom stereocenters. The minimum atomic E-state index is -0.587. The van der Waals surface area contributed by atoms with E-state index in [0.717, 1.165) is 10.9 Å². The maximum absolute atomic E-state index is 10.4. The monoisotopic (exact) mass is 198 g/mol. The lowest BCUT2D eigenvalue weighted by Crippen LogP contribution is -2.37. The Morgan fingerprint density at radius 1 is 1.79 bits per heavy atom. The summed E-state index contributed by atoms with van der Waals surface area (Å²) in [5.41, 5.74) is -0.241. The number of aldehydes is 1. The van der Waals surface area contributed by atoms with E-state index in [0.29, 0.717) is 12.5 Å². The summed E-state index contributed by atoms with van der Waals surface area (Å²) in [6.07, 6.45) is 3.34. The summed E-state index contributed by atoms with van der Waals surface area (Å²) < 4.78 is 2.47. The zero-order valence-corrected chi connectivity index (χ0v) is 7.32. The first kappa shape index (κ1) is 9.90. The largest absolute Gasteiger partial charge is 0.513 e. The van der Waals surface area contributed by atoms with Gasteiger partial charge in [0.25, 0.3) is 6.20 Å². The highest BCUT2D eigenvalue weighted by Crippen LogP contribution is 2.08. The lowest BCUT2D eigenvalue weighted by molar-refractivity contribution is -0.743. The van der Waals surface area contributed by atoms with Gasteiger partial charge in [0, 0.05) is 0 Å². The standard InChI is InChI=1S/C7H7N3O4/c1-8-2-6(10(13)14)3-9(8)7(4-11)5-12/h2-5H,1H3/p+1. The molecule has 1 aromatic rings. The van der Waals surface area contributed by atoms with Gasteiger partial charge in [0.2, 0.25) is 0 Å². The number of carbonyl (C=O) groups excluding carboxylic acids is 1. The first-order valence-corrected chi connectivity index (χ1v) is 3.62. The molecular formula is C7H8N3O4+. The van der Waals surface area contributed by atoms with E-state index in [1.807, 2.05) is 0 Å². The zero-order valence-electron chi connectivity index (χ0n) is 7.32. The summed E-state index contributed by atoms with van der Waals surface area (Å²) in [4.78, 5) is 20.2. The second kappa shape index (κ2) is 3.69. The third-order valence-corrected chi connectivity index (χ3v) is 1.64. The van der Waals surface area contributed by atoms with Crippen LogP contribution in [0.15, 0.2) is 18.7 Å². The van der Waals surface area contributed by atoms with Gasteiger partial charge in [0.1, 0.15) is 6.26 Å². The fraction of sp³-hybridized carbons (Fsp3) is 0.143. The Labute approximate surface area is 78.6 Å². The van der Waals surface area contributed by atoms with Gasteiger partial charge < -0.3 is 5.11 Å². The maximum atomic E-state index is 10.4. The Morgan fingerprint density at radius 3 is 2.79 bits per heavy atom. The molecule has 14 heavy (non-hydrogen) atoms. The van der Waals surface area contributed by atoms with E-state index in [1.165, 1.54) is 17.9 Å². The highest BCUT2D eigenvalue weighted by molar-refractivity contribution is 5.97. The molecule has 0 unspecified atom stereocenters. The van der Waals surface area contributed by atoms with E-state index in [4.69, 9.17) is 5.11 Å². The number of aliphatic hydroxyl groups excluding tert-OH is 1. The Morgan fingerprint density at radius 2 is 2.43 bits per heavy atom. The molecule has 0 saturated carbocycles. The molecule has 1 rings (SSSR count). The van der Waals surface area contributed by atoms with Gasteiger partial charge in [-0.3, -0.25) is 14.9 Å². The van der Waals surface area contributed by atoms with E-state index in [2.05, 4.69) is 0 Å². The summed E-state index contributed by atoms with van der Waals surface area (Å²) in [5, 5.41) is 19.0. The van der Waals surface area contributed by atoms with Crippen LogP contribution in [0.2, 0.25) is 0 Å². The van der Waals surface area contributed by atoms with Crippen molar-refractivity contribution >= 4 is 17.7 Å². The number of hydrogen-bond donors (Lipinski definition) is 1. The Balaban J connectivity index is 3.22. The molecule has 0 aliphatic heterocycles. The molecule has 0 aliphatic rings. The third-order valence-electron chi connectivity index (χ3n) is 1.64. The zero-order chi connectivity index (χ0) is 10.7. The Hall–Kier alpha value is -2.18. The van der Waals surface area contributed by atoms with E-state index in [-0.39, 0.29) is 11.4 Å². The lowest BCUT2D eigenvalue weighted by atomic mass is 10.5. The number of carbonyl (C=O) groups is 1. The van der Waals surface area contributed by atoms with Crippen molar-refractivity contribution in [3.05, 3.63) is 28.8 Å². The first-order valence-electron chi connectivity index (χ1n) is 3.62. The molecule has 1 N–H and O–H groups in total. The Kier molecular flexibility index (Phi) is 2.61. The van der Waals surface area contributed by atoms with E-state index in [9.17, 15) is 14.9 Å². The van der Waals surface area contributed by atoms with Crippen molar-refractivity contribution in [2.75, 3.05) is 0 Å². The van der Waals surface area contributed by atoms with Crippen LogP contribution in [0.1, 0.15) is 0 Å². The van der Waals surface area contributed by atoms with Crippen LogP contribution in [0.5, 0.6) is 0 Å². The van der Waals surface area contributed by atoms with Gasteiger partial charge in [-0.15, -0.1) is 9.36 Å². The summed E-state index contributed by atoms with van der Waals surface area (Å²) in [5.74, 6) is 0. The van der Waals surface area contributed by atoms with Crippen LogP contribution in [-0.4, -0.2) is 21.0 Å². The van der Waals surface area contributed by atoms with Crippen molar-refractivity contribution < 1.29 is 19.5 Å². The maximum Gasteiger partial charge on any atom is 0.356 e. The molecule has 0 fully saturated rings. The third kappa shape index (κ3) is 1.60. The quantitative estimate of drug-likeness (QED) is 0.181. The van der Waals surface area contributed by atoms with Crippen LogP contribution in [-0.2, 0) is 11.8 Å². The molecule has 0 radical (unpaired) electrons. The molecule has 0 spiro atoms. The highest BCUT2D eigenvalue weighted by Gasteiger charge is 2.20. The van der Waals surface area contributed by atoms with Crippen LogP contribution in [0, 0.1) is 10.1 Å². The topological polar surface area (TPSA) is 89.2 Å². The van der Waals surface area contributed by atoms with Crippen LogP contribution >= 0.6 is 0 Å². The fourth-order valence-electron chi connectivity index (χ4n) is 0.998. The number of aromatic nitrogens is 2. The van der Waals surface area contributed by atoms with E-state index < -0.39 is 4.92 Å². The predicted octanol–water partition coefficient (Wildman–Crippen LogP) is -0.224. The van der Waals surface area contributed by atoms with Gasteiger partial charge in [-0.25, -0.2) is 0 Å². The number of rotatable bonds is 3. The van der Waals surface area contributed by atoms with Crippen molar-refractivity contribution in [2.24, 2.45) is 7.05 Å². The lowest BCUT2D eigenvalue weighted by Gasteiger charge is -1.93.